The maximum atomic E-state index is 12.9. The summed E-state index contributed by atoms with van der Waals surface area (Å²) in [6, 6.07) is 3.86. The Balaban J connectivity index is 1.93. The van der Waals surface area contributed by atoms with E-state index in [9.17, 15) is 13.2 Å². The molecule has 0 saturated carbocycles. The van der Waals surface area contributed by atoms with Gasteiger partial charge in [0.1, 0.15) is 0 Å². The second-order valence-corrected chi connectivity index (χ2v) is 5.65. The van der Waals surface area contributed by atoms with Crippen LogP contribution in [0.4, 0.5) is 13.2 Å². The molecule has 1 aromatic heterocycles. The molecule has 4 nitrogen and oxygen atoms in total. The number of alkyl halides is 3. The lowest BCUT2D eigenvalue weighted by atomic mass is 10.1. The number of nitrogens with zero attached hydrogens (tertiary/aromatic N) is 2. The highest BCUT2D eigenvalue weighted by molar-refractivity contribution is 9.10. The summed E-state index contributed by atoms with van der Waals surface area (Å²) in [4.78, 5) is 4.19. The fraction of sp³-hybridized carbons (Fsp3) is 0.385. The van der Waals surface area contributed by atoms with Gasteiger partial charge in [-0.3, -0.25) is 0 Å². The lowest BCUT2D eigenvalue weighted by Gasteiger charge is -2.09. The Bertz CT molecular complexity index is 650. The van der Waals surface area contributed by atoms with E-state index in [1.165, 1.54) is 12.1 Å². The van der Waals surface area contributed by atoms with Crippen molar-refractivity contribution >= 4 is 15.9 Å². The minimum absolute atomic E-state index is 0.0139. The third-order valence-electron chi connectivity index (χ3n) is 3.33. The van der Waals surface area contributed by atoms with Crippen LogP contribution < -0.4 is 5.32 Å². The number of hydrogen-bond acceptors (Lipinski definition) is 4. The van der Waals surface area contributed by atoms with Gasteiger partial charge in [0, 0.05) is 10.0 Å². The first-order chi connectivity index (χ1) is 9.95. The second kappa shape index (κ2) is 5.42. The molecule has 0 spiro atoms. The van der Waals surface area contributed by atoms with Gasteiger partial charge < -0.3 is 9.84 Å². The summed E-state index contributed by atoms with van der Waals surface area (Å²) < 4.78 is 43.7. The minimum atomic E-state index is -4.44. The SMILES string of the molecule is FC(F)(F)c1cc(-c2nc(C3CCCN3)no2)ccc1Br. The molecule has 1 aromatic carbocycles. The van der Waals surface area contributed by atoms with E-state index in [0.29, 0.717) is 5.82 Å². The van der Waals surface area contributed by atoms with Crippen LogP contribution in [0.1, 0.15) is 30.3 Å². The molecule has 1 unspecified atom stereocenters. The average Bonchev–Trinajstić information content (AvgIpc) is 3.09. The van der Waals surface area contributed by atoms with Crippen LogP contribution in [0.25, 0.3) is 11.5 Å². The Morgan fingerprint density at radius 2 is 2.14 bits per heavy atom. The third-order valence-corrected chi connectivity index (χ3v) is 4.02. The second-order valence-electron chi connectivity index (χ2n) is 4.80. The van der Waals surface area contributed by atoms with Gasteiger partial charge in [0.15, 0.2) is 5.82 Å². The molecule has 0 amide bonds. The zero-order chi connectivity index (χ0) is 15.0. The van der Waals surface area contributed by atoms with Gasteiger partial charge in [0.25, 0.3) is 5.89 Å². The van der Waals surface area contributed by atoms with Gasteiger partial charge in [-0.2, -0.15) is 18.2 Å². The maximum absolute atomic E-state index is 12.9. The standard InChI is InChI=1S/C13H11BrF3N3O/c14-9-4-3-7(6-8(9)13(15,16)17)12-19-11(20-21-12)10-2-1-5-18-10/h3-4,6,10,18H,1-2,5H2. The van der Waals surface area contributed by atoms with Crippen molar-refractivity contribution in [3.8, 4) is 11.5 Å². The molecule has 1 N–H and O–H groups in total. The van der Waals surface area contributed by atoms with E-state index < -0.39 is 11.7 Å². The van der Waals surface area contributed by atoms with Gasteiger partial charge in [-0.25, -0.2) is 0 Å². The molecule has 21 heavy (non-hydrogen) atoms. The van der Waals surface area contributed by atoms with Crippen molar-refractivity contribution in [2.24, 2.45) is 0 Å². The molecule has 2 heterocycles. The van der Waals surface area contributed by atoms with E-state index in [0.717, 1.165) is 25.5 Å². The molecule has 8 heteroatoms. The number of aromatic nitrogens is 2. The Labute approximate surface area is 126 Å². The van der Waals surface area contributed by atoms with Crippen molar-refractivity contribution in [3.63, 3.8) is 0 Å². The smallest absolute Gasteiger partial charge is 0.334 e. The van der Waals surface area contributed by atoms with E-state index in [4.69, 9.17) is 4.52 Å². The van der Waals surface area contributed by atoms with Crippen molar-refractivity contribution < 1.29 is 17.7 Å². The van der Waals surface area contributed by atoms with Gasteiger partial charge in [0.05, 0.1) is 11.6 Å². The average molecular weight is 362 g/mol. The Hall–Kier alpha value is -1.41. The number of halogens is 4. The Kier molecular flexibility index (Phi) is 3.75. The summed E-state index contributed by atoms with van der Waals surface area (Å²) in [7, 11) is 0. The summed E-state index contributed by atoms with van der Waals surface area (Å²) in [6.07, 6.45) is -2.52. The summed E-state index contributed by atoms with van der Waals surface area (Å²) in [5, 5.41) is 7.06. The first kappa shape index (κ1) is 14.5. The highest BCUT2D eigenvalue weighted by Gasteiger charge is 2.33. The Morgan fingerprint density at radius 1 is 1.33 bits per heavy atom. The molecule has 1 saturated heterocycles. The van der Waals surface area contributed by atoms with Crippen LogP contribution >= 0.6 is 15.9 Å². The van der Waals surface area contributed by atoms with Crippen LogP contribution in [0.3, 0.4) is 0 Å². The lowest BCUT2D eigenvalue weighted by molar-refractivity contribution is -0.138. The Morgan fingerprint density at radius 3 is 2.81 bits per heavy atom. The molecule has 3 rings (SSSR count). The van der Waals surface area contributed by atoms with E-state index in [2.05, 4.69) is 31.4 Å². The minimum Gasteiger partial charge on any atom is -0.334 e. The van der Waals surface area contributed by atoms with Crippen molar-refractivity contribution in [2.45, 2.75) is 25.1 Å². The molecule has 2 aromatic rings. The van der Waals surface area contributed by atoms with Crippen LogP contribution in [0.5, 0.6) is 0 Å². The fourth-order valence-corrected chi connectivity index (χ4v) is 2.75. The monoisotopic (exact) mass is 361 g/mol. The number of nitrogens with one attached hydrogen (secondary N) is 1. The summed E-state index contributed by atoms with van der Waals surface area (Å²) in [6.45, 7) is 0.880. The predicted octanol–water partition coefficient (Wildman–Crippen LogP) is 3.94. The molecule has 0 aliphatic carbocycles. The largest absolute Gasteiger partial charge is 0.417 e. The number of hydrogen-bond donors (Lipinski definition) is 1. The summed E-state index contributed by atoms with van der Waals surface area (Å²) in [5.74, 6) is 0.579. The van der Waals surface area contributed by atoms with Gasteiger partial charge >= 0.3 is 6.18 Å². The van der Waals surface area contributed by atoms with Crippen molar-refractivity contribution in [3.05, 3.63) is 34.1 Å². The van der Waals surface area contributed by atoms with Crippen LogP contribution in [-0.4, -0.2) is 16.7 Å². The molecular weight excluding hydrogens is 351 g/mol. The van der Waals surface area contributed by atoms with Gasteiger partial charge in [-0.1, -0.05) is 21.1 Å². The van der Waals surface area contributed by atoms with Crippen molar-refractivity contribution in [1.82, 2.24) is 15.5 Å². The lowest BCUT2D eigenvalue weighted by Crippen LogP contribution is -2.14. The number of rotatable bonds is 2. The van der Waals surface area contributed by atoms with Crippen LogP contribution in [0, 0.1) is 0 Å². The zero-order valence-corrected chi connectivity index (χ0v) is 12.3. The van der Waals surface area contributed by atoms with Crippen molar-refractivity contribution in [2.75, 3.05) is 6.54 Å². The third kappa shape index (κ3) is 2.96. The molecule has 1 fully saturated rings. The maximum Gasteiger partial charge on any atom is 0.417 e. The molecule has 1 atom stereocenters. The molecule has 0 bridgehead atoms. The summed E-state index contributed by atoms with van der Waals surface area (Å²) >= 11 is 2.90. The van der Waals surface area contributed by atoms with Gasteiger partial charge in [0.2, 0.25) is 0 Å². The number of benzene rings is 1. The molecule has 0 radical (unpaired) electrons. The first-order valence-electron chi connectivity index (χ1n) is 6.39. The van der Waals surface area contributed by atoms with Crippen LogP contribution in [-0.2, 0) is 6.18 Å². The normalized spacial score (nSPS) is 19.1. The van der Waals surface area contributed by atoms with Crippen LogP contribution in [0.15, 0.2) is 27.2 Å². The summed E-state index contributed by atoms with van der Waals surface area (Å²) in [5.41, 5.74) is -0.513. The molecule has 1 aliphatic rings. The quantitative estimate of drug-likeness (QED) is 0.879. The van der Waals surface area contributed by atoms with E-state index in [-0.39, 0.29) is 22.0 Å². The highest BCUT2D eigenvalue weighted by Crippen LogP contribution is 2.37. The molecule has 1 aliphatic heterocycles. The molecule has 112 valence electrons. The first-order valence-corrected chi connectivity index (χ1v) is 7.18. The fourth-order valence-electron chi connectivity index (χ4n) is 2.27. The van der Waals surface area contributed by atoms with Crippen molar-refractivity contribution in [1.29, 1.82) is 0 Å². The van der Waals surface area contributed by atoms with Crippen LogP contribution in [0.2, 0.25) is 0 Å². The zero-order valence-electron chi connectivity index (χ0n) is 10.7. The van der Waals surface area contributed by atoms with E-state index in [1.54, 1.807) is 0 Å². The van der Waals surface area contributed by atoms with Gasteiger partial charge in [-0.15, -0.1) is 0 Å². The predicted molar refractivity (Wildman–Crippen MR) is 72.4 cm³/mol. The molecular formula is C13H11BrF3N3O. The highest BCUT2D eigenvalue weighted by atomic mass is 79.9. The van der Waals surface area contributed by atoms with E-state index in [1.807, 2.05) is 0 Å². The topological polar surface area (TPSA) is 51.0 Å². The van der Waals surface area contributed by atoms with Gasteiger partial charge in [-0.05, 0) is 37.6 Å². The van der Waals surface area contributed by atoms with E-state index >= 15 is 0 Å².